The summed E-state index contributed by atoms with van der Waals surface area (Å²) < 4.78 is 11.3. The van der Waals surface area contributed by atoms with Gasteiger partial charge in [-0.05, 0) is 148 Å². The van der Waals surface area contributed by atoms with Gasteiger partial charge in [-0.2, -0.15) is 0 Å². The number of nitrogens with zero attached hydrogens (tertiary/aromatic N) is 3. The van der Waals surface area contributed by atoms with Crippen LogP contribution in [-0.4, -0.2) is 9.13 Å². The molecular formula is C71H49N3O. The van der Waals surface area contributed by atoms with Gasteiger partial charge in [0.1, 0.15) is 11.2 Å². The Morgan fingerprint density at radius 1 is 0.387 bits per heavy atom. The molecule has 1 aliphatic carbocycles. The molecule has 4 nitrogen and oxygen atoms in total. The standard InChI is InChI=1S/C71H49N3O/c1-4-45-24-30-51(31-25-45)74-67-22-11-7-16-59(67)62-42-47(29-41-68(62)74)48-28-39-55-56-40-38-53(44-64(56)71(2,3)63(55)43-48)72(49-32-26-46(27-33-49)54-18-13-19-61-60-17-8-12-23-69(60)75-70(54)61)50-34-36-52(37-35-50)73-65-20-9-5-14-57(65)58-15-6-10-21-66(58)73/h4-44H,1H2,2-3H3. The molecule has 75 heavy (non-hydrogen) atoms. The van der Waals surface area contributed by atoms with E-state index in [0.717, 1.165) is 67.1 Å². The summed E-state index contributed by atoms with van der Waals surface area (Å²) in [5.74, 6) is 0. The topological polar surface area (TPSA) is 26.2 Å². The van der Waals surface area contributed by atoms with Crippen molar-refractivity contribution in [2.75, 3.05) is 4.90 Å². The van der Waals surface area contributed by atoms with Crippen LogP contribution in [0.1, 0.15) is 30.5 Å². The number of rotatable bonds is 8. The van der Waals surface area contributed by atoms with Crippen molar-refractivity contribution in [2.45, 2.75) is 19.3 Å². The summed E-state index contributed by atoms with van der Waals surface area (Å²) in [5, 5.41) is 7.25. The van der Waals surface area contributed by atoms with E-state index in [1.807, 2.05) is 18.2 Å². The maximum atomic E-state index is 6.51. The molecule has 0 saturated carbocycles. The molecule has 11 aromatic carbocycles. The average Bonchev–Trinajstić information content (AvgIpc) is 4.19. The van der Waals surface area contributed by atoms with Crippen LogP contribution in [0, 0.1) is 0 Å². The first-order valence-corrected chi connectivity index (χ1v) is 25.8. The van der Waals surface area contributed by atoms with E-state index in [2.05, 4.69) is 265 Å². The van der Waals surface area contributed by atoms with Gasteiger partial charge in [-0.1, -0.05) is 166 Å². The zero-order valence-electron chi connectivity index (χ0n) is 41.6. The van der Waals surface area contributed by atoms with Crippen molar-refractivity contribution >= 4 is 88.7 Å². The lowest BCUT2D eigenvalue weighted by atomic mass is 9.81. The minimum atomic E-state index is -0.268. The lowest BCUT2D eigenvalue weighted by Gasteiger charge is -2.28. The fourth-order valence-electron chi connectivity index (χ4n) is 12.4. The molecule has 0 N–H and O–H groups in total. The summed E-state index contributed by atoms with van der Waals surface area (Å²) in [5.41, 5.74) is 22.8. The van der Waals surface area contributed by atoms with Crippen LogP contribution in [0.15, 0.2) is 254 Å². The van der Waals surface area contributed by atoms with E-state index in [9.17, 15) is 0 Å². The van der Waals surface area contributed by atoms with Crippen LogP contribution in [0.3, 0.4) is 0 Å². The third-order valence-corrected chi connectivity index (χ3v) is 16.1. The minimum absolute atomic E-state index is 0.268. The molecule has 4 heteroatoms. The summed E-state index contributed by atoms with van der Waals surface area (Å²) in [4.78, 5) is 2.41. The van der Waals surface area contributed by atoms with E-state index in [1.165, 1.54) is 77.0 Å². The maximum Gasteiger partial charge on any atom is 0.143 e. The van der Waals surface area contributed by atoms with E-state index < -0.39 is 0 Å². The highest BCUT2D eigenvalue weighted by molar-refractivity contribution is 6.12. The predicted molar refractivity (Wildman–Crippen MR) is 316 cm³/mol. The van der Waals surface area contributed by atoms with Gasteiger partial charge < -0.3 is 18.5 Å². The van der Waals surface area contributed by atoms with Gasteiger partial charge in [0.15, 0.2) is 0 Å². The highest BCUT2D eigenvalue weighted by atomic mass is 16.3. The van der Waals surface area contributed by atoms with Crippen molar-refractivity contribution in [2.24, 2.45) is 0 Å². The first-order valence-electron chi connectivity index (χ1n) is 25.8. The number of hydrogen-bond donors (Lipinski definition) is 0. The van der Waals surface area contributed by atoms with E-state index in [-0.39, 0.29) is 5.41 Å². The SMILES string of the molecule is C=Cc1ccc(-n2c3ccccc3c3cc(-c4ccc5c(c4)C(C)(C)c4cc(N(c6ccc(-c7cccc8c7oc7ccccc78)cc6)c6ccc(-n7c8ccccc8c8ccccc87)cc6)ccc4-5)ccc32)cc1. The molecule has 1 aliphatic rings. The average molecular weight is 960 g/mol. The van der Waals surface area contributed by atoms with E-state index in [1.54, 1.807) is 0 Å². The fourth-order valence-corrected chi connectivity index (χ4v) is 12.4. The van der Waals surface area contributed by atoms with Gasteiger partial charge in [-0.25, -0.2) is 0 Å². The Bertz CT molecular complexity index is 4570. The number of aromatic nitrogens is 2. The predicted octanol–water partition coefficient (Wildman–Crippen LogP) is 19.5. The van der Waals surface area contributed by atoms with Crippen LogP contribution in [0.2, 0.25) is 0 Å². The highest BCUT2D eigenvalue weighted by Gasteiger charge is 2.36. The van der Waals surface area contributed by atoms with Gasteiger partial charge in [0.05, 0.1) is 22.1 Å². The van der Waals surface area contributed by atoms with Crippen LogP contribution in [-0.2, 0) is 5.41 Å². The molecule has 0 unspecified atom stereocenters. The Morgan fingerprint density at radius 3 is 1.52 bits per heavy atom. The molecule has 0 spiro atoms. The second-order valence-corrected chi connectivity index (χ2v) is 20.5. The molecule has 3 aromatic heterocycles. The molecule has 14 aromatic rings. The van der Waals surface area contributed by atoms with Gasteiger partial charge in [-0.3, -0.25) is 0 Å². The summed E-state index contributed by atoms with van der Waals surface area (Å²) in [7, 11) is 0. The van der Waals surface area contributed by atoms with Gasteiger partial charge in [0.2, 0.25) is 0 Å². The number of benzene rings is 11. The van der Waals surface area contributed by atoms with Crippen molar-refractivity contribution < 1.29 is 4.42 Å². The third kappa shape index (κ3) is 6.56. The Kier molecular flexibility index (Phi) is 9.42. The molecule has 0 saturated heterocycles. The maximum absolute atomic E-state index is 6.51. The zero-order chi connectivity index (χ0) is 49.9. The van der Waals surface area contributed by atoms with Crippen molar-refractivity contribution in [3.63, 3.8) is 0 Å². The number of para-hydroxylation sites is 5. The third-order valence-electron chi connectivity index (χ3n) is 16.1. The Labute approximate surface area is 434 Å². The van der Waals surface area contributed by atoms with Crippen LogP contribution in [0.4, 0.5) is 17.1 Å². The summed E-state index contributed by atoms with van der Waals surface area (Å²) in [6.45, 7) is 8.74. The van der Waals surface area contributed by atoms with Crippen molar-refractivity contribution in [1.29, 1.82) is 0 Å². The van der Waals surface area contributed by atoms with Crippen LogP contribution >= 0.6 is 0 Å². The molecule has 0 radical (unpaired) electrons. The molecule has 0 atom stereocenters. The second-order valence-electron chi connectivity index (χ2n) is 20.5. The molecule has 354 valence electrons. The molecule has 0 bridgehead atoms. The van der Waals surface area contributed by atoms with Crippen LogP contribution < -0.4 is 4.90 Å². The Morgan fingerprint density at radius 2 is 0.867 bits per heavy atom. The van der Waals surface area contributed by atoms with E-state index in [4.69, 9.17) is 4.42 Å². The summed E-state index contributed by atoms with van der Waals surface area (Å²) in [6, 6.07) is 88.8. The fraction of sp³-hybridized carbons (Fsp3) is 0.0423. The normalized spacial score (nSPS) is 12.8. The quantitative estimate of drug-likeness (QED) is 0.152. The van der Waals surface area contributed by atoms with Crippen LogP contribution in [0.5, 0.6) is 0 Å². The van der Waals surface area contributed by atoms with Gasteiger partial charge in [-0.15, -0.1) is 0 Å². The van der Waals surface area contributed by atoms with Crippen molar-refractivity contribution in [3.05, 3.63) is 266 Å². The minimum Gasteiger partial charge on any atom is -0.455 e. The van der Waals surface area contributed by atoms with Crippen molar-refractivity contribution in [1.82, 2.24) is 9.13 Å². The Hall–Kier alpha value is -9.64. The summed E-state index contributed by atoms with van der Waals surface area (Å²) in [6.07, 6.45) is 1.89. The second kappa shape index (κ2) is 16.4. The number of anilines is 3. The van der Waals surface area contributed by atoms with E-state index in [0.29, 0.717) is 0 Å². The molecule has 0 amide bonds. The van der Waals surface area contributed by atoms with Gasteiger partial charge >= 0.3 is 0 Å². The van der Waals surface area contributed by atoms with Crippen molar-refractivity contribution in [3.8, 4) is 44.8 Å². The lowest BCUT2D eigenvalue weighted by Crippen LogP contribution is -2.16. The highest BCUT2D eigenvalue weighted by Crippen LogP contribution is 2.52. The van der Waals surface area contributed by atoms with E-state index >= 15 is 0 Å². The van der Waals surface area contributed by atoms with Gasteiger partial charge in [0, 0.05) is 71.7 Å². The van der Waals surface area contributed by atoms with Gasteiger partial charge in [0.25, 0.3) is 0 Å². The summed E-state index contributed by atoms with van der Waals surface area (Å²) >= 11 is 0. The monoisotopic (exact) mass is 959 g/mol. The number of hydrogen-bond acceptors (Lipinski definition) is 2. The van der Waals surface area contributed by atoms with Crippen LogP contribution in [0.25, 0.3) is 116 Å². The zero-order valence-corrected chi connectivity index (χ0v) is 41.6. The molecular weight excluding hydrogens is 911 g/mol. The first kappa shape index (κ1) is 43.0. The number of fused-ring (bicyclic) bond motifs is 12. The largest absolute Gasteiger partial charge is 0.455 e. The molecule has 15 rings (SSSR count). The molecule has 3 heterocycles. The molecule has 0 aliphatic heterocycles. The lowest BCUT2D eigenvalue weighted by molar-refractivity contribution is 0.660. The smallest absolute Gasteiger partial charge is 0.143 e. The Balaban J connectivity index is 0.826. The first-order chi connectivity index (χ1) is 36.9. The molecule has 0 fully saturated rings. The number of furan rings is 1.